The largest absolute Gasteiger partial charge is 0.494 e. The molecule has 0 saturated carbocycles. The highest BCUT2D eigenvalue weighted by Gasteiger charge is 2.37. The second-order valence-electron chi connectivity index (χ2n) is 8.00. The number of nitrogens with one attached hydrogen (secondary N) is 2. The summed E-state index contributed by atoms with van der Waals surface area (Å²) in [5.41, 5.74) is 5.09. The van der Waals surface area contributed by atoms with E-state index in [-0.39, 0.29) is 5.56 Å². The van der Waals surface area contributed by atoms with Crippen LogP contribution < -0.4 is 15.5 Å². The van der Waals surface area contributed by atoms with E-state index in [0.29, 0.717) is 28.9 Å². The molecule has 0 bridgehead atoms. The van der Waals surface area contributed by atoms with Crippen LogP contribution in [0.25, 0.3) is 11.4 Å². The Balaban J connectivity index is 1.50. The Hall–Kier alpha value is -4.41. The summed E-state index contributed by atoms with van der Waals surface area (Å²) in [5, 5.41) is 4.75. The molecule has 180 valence electrons. The fourth-order valence-corrected chi connectivity index (χ4v) is 3.99. The Bertz CT molecular complexity index is 1370. The van der Waals surface area contributed by atoms with Crippen LogP contribution in [0.5, 0.6) is 5.75 Å². The van der Waals surface area contributed by atoms with Crippen LogP contribution in [0.4, 0.5) is 18.9 Å². The van der Waals surface area contributed by atoms with Gasteiger partial charge in [0.2, 0.25) is 5.96 Å². The molecule has 2 aliphatic rings. The monoisotopic (exact) mass is 481 g/mol. The van der Waals surface area contributed by atoms with Gasteiger partial charge in [-0.3, -0.25) is 5.43 Å². The van der Waals surface area contributed by atoms with Gasteiger partial charge < -0.3 is 19.5 Å². The molecule has 0 unspecified atom stereocenters. The molecular formula is C24H22F3N7O. The maximum Gasteiger partial charge on any atom is 0.417 e. The first-order valence-corrected chi connectivity index (χ1v) is 10.7. The van der Waals surface area contributed by atoms with Gasteiger partial charge >= 0.3 is 6.18 Å². The third-order valence-corrected chi connectivity index (χ3v) is 5.60. The number of hydrazine groups is 1. The number of hydrogen-bond donors (Lipinski definition) is 2. The number of alkyl halides is 3. The summed E-state index contributed by atoms with van der Waals surface area (Å²) < 4.78 is 48.5. The van der Waals surface area contributed by atoms with Gasteiger partial charge in [-0.25, -0.2) is 9.99 Å². The van der Waals surface area contributed by atoms with E-state index in [4.69, 9.17) is 4.74 Å². The molecule has 2 N–H and O–H groups in total. The summed E-state index contributed by atoms with van der Waals surface area (Å²) in [6, 6.07) is 11.0. The molecule has 0 atom stereocenters. The lowest BCUT2D eigenvalue weighted by Gasteiger charge is -2.29. The van der Waals surface area contributed by atoms with E-state index in [1.54, 1.807) is 48.9 Å². The molecule has 3 heterocycles. The van der Waals surface area contributed by atoms with Crippen LogP contribution in [0.15, 0.2) is 78.2 Å². The van der Waals surface area contributed by atoms with Crippen molar-refractivity contribution in [3.8, 4) is 11.4 Å². The molecule has 8 nitrogen and oxygen atoms in total. The van der Waals surface area contributed by atoms with Crippen molar-refractivity contribution in [1.82, 2.24) is 24.9 Å². The molecular weight excluding hydrogens is 459 g/mol. The third-order valence-electron chi connectivity index (χ3n) is 5.60. The topological polar surface area (TPSA) is 70.0 Å². The normalized spacial score (nSPS) is 15.2. The number of nitrogens with zero attached hydrogens (tertiary/aromatic N) is 5. The molecule has 0 saturated heterocycles. The van der Waals surface area contributed by atoms with Gasteiger partial charge in [-0.05, 0) is 25.1 Å². The van der Waals surface area contributed by atoms with E-state index in [0.717, 1.165) is 17.4 Å². The van der Waals surface area contributed by atoms with Crippen molar-refractivity contribution in [2.24, 2.45) is 4.99 Å². The highest BCUT2D eigenvalue weighted by molar-refractivity contribution is 5.97. The minimum atomic E-state index is -4.50. The number of benzene rings is 2. The summed E-state index contributed by atoms with van der Waals surface area (Å²) in [7, 11) is 3.26. The molecule has 2 aliphatic heterocycles. The second-order valence-corrected chi connectivity index (χ2v) is 8.00. The maximum atomic E-state index is 13.7. The van der Waals surface area contributed by atoms with Gasteiger partial charge in [0.1, 0.15) is 5.75 Å². The molecule has 2 aromatic carbocycles. The number of rotatable bonds is 4. The number of aliphatic imine (C=N–C) groups is 1. The van der Waals surface area contributed by atoms with Crippen molar-refractivity contribution in [3.05, 3.63) is 90.0 Å². The first-order chi connectivity index (χ1) is 16.7. The summed E-state index contributed by atoms with van der Waals surface area (Å²) in [4.78, 5) is 10.4. The van der Waals surface area contributed by atoms with Gasteiger partial charge in [0.15, 0.2) is 5.82 Å². The van der Waals surface area contributed by atoms with Crippen LogP contribution >= 0.6 is 0 Å². The molecule has 3 aromatic rings. The van der Waals surface area contributed by atoms with Crippen molar-refractivity contribution >= 4 is 17.3 Å². The highest BCUT2D eigenvalue weighted by atomic mass is 19.4. The number of aromatic nitrogens is 2. The Morgan fingerprint density at radius 2 is 1.89 bits per heavy atom. The van der Waals surface area contributed by atoms with Crippen molar-refractivity contribution in [1.29, 1.82) is 0 Å². The molecule has 0 fully saturated rings. The zero-order chi connectivity index (χ0) is 24.7. The number of imidazole rings is 1. The van der Waals surface area contributed by atoms with E-state index in [1.807, 2.05) is 35.9 Å². The average molecular weight is 481 g/mol. The first kappa shape index (κ1) is 22.4. The second kappa shape index (κ2) is 8.42. The van der Waals surface area contributed by atoms with Gasteiger partial charge in [0, 0.05) is 43.0 Å². The van der Waals surface area contributed by atoms with E-state index >= 15 is 0 Å². The summed E-state index contributed by atoms with van der Waals surface area (Å²) in [5.74, 6) is 1.31. The molecule has 0 amide bonds. The minimum Gasteiger partial charge on any atom is -0.494 e. The SMILES string of the molecule is COc1cc(NC2=NC3=C(c4ccccc4C(F)(F)F)N(C)C=CN3N2)ccc1-n1cnc(C)c1. The standard InChI is InChI=1S/C24H22F3N7O/c1-15-13-33(14-28-15)19-9-8-16(12-20(19)35-3)29-23-30-22-21(32(2)10-11-34(22)31-23)17-6-4-5-7-18(17)24(25,26)27/h4-14H,1-3H3,(H2,29,30,31). The van der Waals surface area contributed by atoms with Crippen LogP contribution in [0.1, 0.15) is 16.8 Å². The van der Waals surface area contributed by atoms with Gasteiger partial charge in [-0.2, -0.15) is 18.2 Å². The van der Waals surface area contributed by atoms with Crippen molar-refractivity contribution in [3.63, 3.8) is 0 Å². The van der Waals surface area contributed by atoms with Crippen LogP contribution in [-0.4, -0.2) is 39.6 Å². The quantitative estimate of drug-likeness (QED) is 0.570. The van der Waals surface area contributed by atoms with Crippen LogP contribution in [0.3, 0.4) is 0 Å². The van der Waals surface area contributed by atoms with Crippen molar-refractivity contribution in [2.45, 2.75) is 13.1 Å². The Labute approximate surface area is 199 Å². The fraction of sp³-hybridized carbons (Fsp3) is 0.167. The van der Waals surface area contributed by atoms with Gasteiger partial charge in [-0.15, -0.1) is 0 Å². The Kier molecular flexibility index (Phi) is 5.39. The van der Waals surface area contributed by atoms with Crippen LogP contribution in [-0.2, 0) is 6.18 Å². The number of guanidine groups is 1. The number of halogens is 3. The van der Waals surface area contributed by atoms with E-state index in [1.165, 1.54) is 12.1 Å². The Morgan fingerprint density at radius 1 is 1.09 bits per heavy atom. The molecule has 0 radical (unpaired) electrons. The van der Waals surface area contributed by atoms with Crippen molar-refractivity contribution in [2.75, 3.05) is 19.5 Å². The maximum absolute atomic E-state index is 13.7. The Morgan fingerprint density at radius 3 is 2.60 bits per heavy atom. The number of ether oxygens (including phenoxy) is 1. The van der Waals surface area contributed by atoms with E-state index in [9.17, 15) is 13.2 Å². The lowest BCUT2D eigenvalue weighted by Crippen LogP contribution is -2.37. The lowest BCUT2D eigenvalue weighted by molar-refractivity contribution is -0.137. The minimum absolute atomic E-state index is 0.0419. The summed E-state index contributed by atoms with van der Waals surface area (Å²) in [6.45, 7) is 1.90. The highest BCUT2D eigenvalue weighted by Crippen LogP contribution is 2.39. The van der Waals surface area contributed by atoms with E-state index in [2.05, 4.69) is 20.7 Å². The molecule has 0 spiro atoms. The number of anilines is 1. The number of hydrogen-bond acceptors (Lipinski definition) is 7. The zero-order valence-electron chi connectivity index (χ0n) is 19.1. The van der Waals surface area contributed by atoms with Gasteiger partial charge in [-0.1, -0.05) is 18.2 Å². The summed E-state index contributed by atoms with van der Waals surface area (Å²) >= 11 is 0. The van der Waals surface area contributed by atoms with Crippen LogP contribution in [0.2, 0.25) is 0 Å². The van der Waals surface area contributed by atoms with Crippen LogP contribution in [0, 0.1) is 6.92 Å². The summed E-state index contributed by atoms with van der Waals surface area (Å²) in [6.07, 6.45) is 2.46. The number of methoxy groups -OCH3 is 1. The predicted octanol–water partition coefficient (Wildman–Crippen LogP) is 4.54. The van der Waals surface area contributed by atoms with E-state index < -0.39 is 11.7 Å². The third kappa shape index (κ3) is 4.16. The molecule has 11 heteroatoms. The first-order valence-electron chi connectivity index (χ1n) is 10.7. The molecule has 0 aliphatic carbocycles. The molecule has 5 rings (SSSR count). The lowest BCUT2D eigenvalue weighted by atomic mass is 10.0. The molecule has 1 aromatic heterocycles. The fourth-order valence-electron chi connectivity index (χ4n) is 3.99. The number of fused-ring (bicyclic) bond motifs is 1. The predicted molar refractivity (Wildman–Crippen MR) is 126 cm³/mol. The zero-order valence-corrected chi connectivity index (χ0v) is 19.1. The molecule has 35 heavy (non-hydrogen) atoms. The van der Waals surface area contributed by atoms with Crippen molar-refractivity contribution < 1.29 is 17.9 Å². The average Bonchev–Trinajstić information content (AvgIpc) is 3.44. The van der Waals surface area contributed by atoms with Gasteiger partial charge in [0.25, 0.3) is 0 Å². The smallest absolute Gasteiger partial charge is 0.417 e. The van der Waals surface area contributed by atoms with Gasteiger partial charge in [0.05, 0.1) is 36.1 Å². The number of aryl methyl sites for hydroxylation is 1.